The molecule has 0 aliphatic carbocycles. The maximum atomic E-state index is 11.9. The van der Waals surface area contributed by atoms with Gasteiger partial charge in [-0.3, -0.25) is 4.79 Å². The first-order valence-corrected chi connectivity index (χ1v) is 6.24. The molecule has 2 N–H and O–H groups in total. The molecule has 94 valence electrons. The van der Waals surface area contributed by atoms with Gasteiger partial charge in [-0.2, -0.15) is 0 Å². The fraction of sp³-hybridized carbons (Fsp3) is 0.154. The first-order chi connectivity index (χ1) is 8.72. The highest BCUT2D eigenvalue weighted by Crippen LogP contribution is 2.22. The second-order valence-corrected chi connectivity index (χ2v) is 4.57. The third-order valence-electron chi connectivity index (χ3n) is 2.40. The van der Waals surface area contributed by atoms with E-state index in [0.717, 1.165) is 5.56 Å². The van der Waals surface area contributed by atoms with Crippen molar-refractivity contribution in [2.45, 2.75) is 6.61 Å². The van der Waals surface area contributed by atoms with Gasteiger partial charge in [0.15, 0.2) is 0 Å². The Hall–Kier alpha value is -1.85. The fourth-order valence-electron chi connectivity index (χ4n) is 1.49. The van der Waals surface area contributed by atoms with Gasteiger partial charge >= 0.3 is 0 Å². The molecule has 2 aromatic rings. The largest absolute Gasteiger partial charge is 0.496 e. The van der Waals surface area contributed by atoms with Crippen molar-refractivity contribution in [1.82, 2.24) is 0 Å². The number of aliphatic hydroxyl groups excluding tert-OH is 1. The summed E-state index contributed by atoms with van der Waals surface area (Å²) in [7, 11) is 1.56. The van der Waals surface area contributed by atoms with Crippen LogP contribution in [0.1, 0.15) is 15.2 Å². The molecule has 0 radical (unpaired) electrons. The lowest BCUT2D eigenvalue weighted by atomic mass is 10.2. The molecule has 0 fully saturated rings. The highest BCUT2D eigenvalue weighted by atomic mass is 32.1. The maximum absolute atomic E-state index is 11.9. The summed E-state index contributed by atoms with van der Waals surface area (Å²) in [5.74, 6) is 0.493. The van der Waals surface area contributed by atoms with E-state index >= 15 is 0 Å². The van der Waals surface area contributed by atoms with E-state index in [1.165, 1.54) is 11.3 Å². The minimum Gasteiger partial charge on any atom is -0.496 e. The van der Waals surface area contributed by atoms with Crippen molar-refractivity contribution >= 4 is 22.9 Å². The van der Waals surface area contributed by atoms with E-state index in [0.29, 0.717) is 16.3 Å². The van der Waals surface area contributed by atoms with Gasteiger partial charge < -0.3 is 15.2 Å². The molecule has 4 nitrogen and oxygen atoms in total. The number of hydrogen-bond donors (Lipinski definition) is 2. The number of anilines is 1. The van der Waals surface area contributed by atoms with Crippen LogP contribution >= 0.6 is 11.3 Å². The van der Waals surface area contributed by atoms with E-state index in [1.54, 1.807) is 42.8 Å². The Labute approximate surface area is 109 Å². The van der Waals surface area contributed by atoms with Gasteiger partial charge in [-0.25, -0.2) is 0 Å². The van der Waals surface area contributed by atoms with Crippen LogP contribution in [0.3, 0.4) is 0 Å². The summed E-state index contributed by atoms with van der Waals surface area (Å²) in [6, 6.07) is 8.79. The van der Waals surface area contributed by atoms with Crippen molar-refractivity contribution in [2.24, 2.45) is 0 Å². The average molecular weight is 263 g/mol. The molecule has 18 heavy (non-hydrogen) atoms. The smallest absolute Gasteiger partial charge is 0.265 e. The zero-order valence-electron chi connectivity index (χ0n) is 9.84. The topological polar surface area (TPSA) is 58.6 Å². The van der Waals surface area contributed by atoms with Crippen molar-refractivity contribution in [3.8, 4) is 5.75 Å². The summed E-state index contributed by atoms with van der Waals surface area (Å²) in [4.78, 5) is 12.5. The summed E-state index contributed by atoms with van der Waals surface area (Å²) in [5, 5.41) is 13.6. The number of methoxy groups -OCH3 is 1. The molecule has 0 atom stereocenters. The Morgan fingerprint density at radius 3 is 2.94 bits per heavy atom. The second kappa shape index (κ2) is 5.66. The lowest BCUT2D eigenvalue weighted by Gasteiger charge is -2.04. The maximum Gasteiger partial charge on any atom is 0.265 e. The third kappa shape index (κ3) is 2.88. The first kappa shape index (κ1) is 12.6. The van der Waals surface area contributed by atoms with Crippen LogP contribution in [0.2, 0.25) is 0 Å². The van der Waals surface area contributed by atoms with Gasteiger partial charge in [0.1, 0.15) is 5.75 Å². The van der Waals surface area contributed by atoms with Gasteiger partial charge in [-0.1, -0.05) is 12.1 Å². The van der Waals surface area contributed by atoms with E-state index < -0.39 is 0 Å². The van der Waals surface area contributed by atoms with Crippen LogP contribution in [0.4, 0.5) is 5.69 Å². The Morgan fingerprint density at radius 2 is 2.28 bits per heavy atom. The minimum absolute atomic E-state index is 0.0451. The Morgan fingerprint density at radius 1 is 1.44 bits per heavy atom. The van der Waals surface area contributed by atoms with E-state index in [4.69, 9.17) is 9.84 Å². The quantitative estimate of drug-likeness (QED) is 0.891. The third-order valence-corrected chi connectivity index (χ3v) is 3.31. The molecule has 0 bridgehead atoms. The number of aliphatic hydroxyl groups is 1. The molecule has 1 amide bonds. The number of rotatable bonds is 4. The molecular weight excluding hydrogens is 250 g/mol. The van der Waals surface area contributed by atoms with Crippen molar-refractivity contribution in [2.75, 3.05) is 12.4 Å². The lowest BCUT2D eigenvalue weighted by molar-refractivity contribution is 0.103. The van der Waals surface area contributed by atoms with Gasteiger partial charge in [0, 0.05) is 17.1 Å². The first-order valence-electron chi connectivity index (χ1n) is 5.36. The minimum atomic E-state index is -0.182. The van der Waals surface area contributed by atoms with E-state index in [2.05, 4.69) is 5.32 Å². The number of nitrogens with one attached hydrogen (secondary N) is 1. The monoisotopic (exact) mass is 263 g/mol. The highest BCUT2D eigenvalue weighted by molar-refractivity contribution is 7.12. The number of benzene rings is 1. The Balaban J connectivity index is 2.10. The molecule has 1 aromatic carbocycles. The molecule has 1 heterocycles. The standard InChI is InChI=1S/C13H13NO3S/c1-17-11-6-12(18-8-11)13(16)14-10-4-2-3-9(5-10)7-15/h2-6,8,15H,7H2,1H3,(H,14,16). The summed E-state index contributed by atoms with van der Waals surface area (Å²) in [5.41, 5.74) is 1.43. The number of thiophene rings is 1. The van der Waals surface area contributed by atoms with Crippen molar-refractivity contribution in [1.29, 1.82) is 0 Å². The van der Waals surface area contributed by atoms with Crippen LogP contribution in [0.15, 0.2) is 35.7 Å². The van der Waals surface area contributed by atoms with Gasteiger partial charge in [-0.15, -0.1) is 11.3 Å². The highest BCUT2D eigenvalue weighted by Gasteiger charge is 2.09. The summed E-state index contributed by atoms with van der Waals surface area (Å²) >= 11 is 1.33. The predicted molar refractivity (Wildman–Crippen MR) is 71.2 cm³/mol. The number of amides is 1. The van der Waals surface area contributed by atoms with Crippen molar-refractivity contribution in [3.63, 3.8) is 0 Å². The summed E-state index contributed by atoms with van der Waals surface area (Å²) in [6.45, 7) is -0.0451. The summed E-state index contributed by atoms with van der Waals surface area (Å²) < 4.78 is 5.03. The molecule has 0 saturated carbocycles. The number of ether oxygens (including phenoxy) is 1. The SMILES string of the molecule is COc1csc(C(=O)Nc2cccc(CO)c2)c1. The Kier molecular flexibility index (Phi) is 3.96. The molecule has 1 aromatic heterocycles. The molecule has 0 aliphatic heterocycles. The Bertz CT molecular complexity index is 551. The van der Waals surface area contributed by atoms with Crippen LogP contribution in [0.25, 0.3) is 0 Å². The lowest BCUT2D eigenvalue weighted by Crippen LogP contribution is -2.10. The second-order valence-electron chi connectivity index (χ2n) is 3.66. The predicted octanol–water partition coefficient (Wildman–Crippen LogP) is 2.50. The molecule has 0 saturated heterocycles. The molecule has 5 heteroatoms. The molecule has 0 unspecified atom stereocenters. The van der Waals surface area contributed by atoms with E-state index in [-0.39, 0.29) is 12.5 Å². The van der Waals surface area contributed by atoms with E-state index in [9.17, 15) is 4.79 Å². The summed E-state index contributed by atoms with van der Waals surface area (Å²) in [6.07, 6.45) is 0. The van der Waals surface area contributed by atoms with Crippen LogP contribution in [0.5, 0.6) is 5.75 Å². The van der Waals surface area contributed by atoms with Gasteiger partial charge in [0.05, 0.1) is 18.6 Å². The van der Waals surface area contributed by atoms with Gasteiger partial charge in [-0.05, 0) is 17.7 Å². The zero-order valence-corrected chi connectivity index (χ0v) is 10.7. The van der Waals surface area contributed by atoms with Crippen molar-refractivity contribution < 1.29 is 14.6 Å². The molecular formula is C13H13NO3S. The number of hydrogen-bond acceptors (Lipinski definition) is 4. The van der Waals surface area contributed by atoms with E-state index in [1.807, 2.05) is 0 Å². The molecule has 2 rings (SSSR count). The van der Waals surface area contributed by atoms with Crippen LogP contribution in [-0.4, -0.2) is 18.1 Å². The van der Waals surface area contributed by atoms with Crippen LogP contribution < -0.4 is 10.1 Å². The average Bonchev–Trinajstić information content (AvgIpc) is 2.88. The molecule has 0 spiro atoms. The number of carbonyl (C=O) groups is 1. The van der Waals surface area contributed by atoms with Gasteiger partial charge in [0.2, 0.25) is 0 Å². The fourth-order valence-corrected chi connectivity index (χ4v) is 2.23. The van der Waals surface area contributed by atoms with Crippen LogP contribution in [-0.2, 0) is 6.61 Å². The molecule has 0 aliphatic rings. The number of carbonyl (C=O) groups excluding carboxylic acids is 1. The zero-order chi connectivity index (χ0) is 13.0. The van der Waals surface area contributed by atoms with Crippen LogP contribution in [0, 0.1) is 0 Å². The van der Waals surface area contributed by atoms with Gasteiger partial charge in [0.25, 0.3) is 5.91 Å². The normalized spacial score (nSPS) is 10.1. The van der Waals surface area contributed by atoms with Crippen molar-refractivity contribution in [3.05, 3.63) is 46.2 Å².